The average molecular weight is 1460 g/mol. The van der Waals surface area contributed by atoms with E-state index in [9.17, 15) is 77.4 Å². The minimum absolute atomic E-state index is 0.0322. The maximum absolute atomic E-state index is 14.4. The first-order valence-corrected chi connectivity index (χ1v) is 36.4. The number of nitrogens with zero attached hydrogens (tertiary/aromatic N) is 9. The number of rotatable bonds is 31. The molecule has 0 aliphatic carbocycles. The zero-order chi connectivity index (χ0) is 74.2. The number of hydrogen-bond donors (Lipinski definition) is 11. The van der Waals surface area contributed by atoms with Crippen molar-refractivity contribution in [1.29, 1.82) is 0 Å². The van der Waals surface area contributed by atoms with Crippen LogP contribution in [0.3, 0.4) is 0 Å². The fourth-order valence-corrected chi connectivity index (χ4v) is 13.7. The fourth-order valence-electron chi connectivity index (χ4n) is 11.6. The molecule has 14 N–H and O–H groups in total. The monoisotopic (exact) mass is 1460 g/mol. The zero-order valence-corrected chi connectivity index (χ0v) is 59.8. The van der Waals surface area contributed by atoms with Crippen LogP contribution < -0.4 is 50.9 Å². The molecule has 3 aromatic rings. The molecule has 4 saturated heterocycles. The summed E-state index contributed by atoms with van der Waals surface area (Å²) < 4.78 is 70.4. The van der Waals surface area contributed by atoms with Crippen molar-refractivity contribution < 1.29 is 80.9 Å². The van der Waals surface area contributed by atoms with Gasteiger partial charge in [-0.1, -0.05) is 53.7 Å². The maximum atomic E-state index is 14.4. The molecule has 38 nitrogen and oxygen atoms in total. The Kier molecular flexibility index (Phi) is 34.4. The summed E-state index contributed by atoms with van der Waals surface area (Å²) in [6.07, 6.45) is -11.8. The SMILES string of the molecule is CCN(CC)CC.CCN(CC)CC.Cc1cn([C@H]2C[C@H](O)[C@@H]([C@H](C/C=C/CCN3CCN(CC(N)=O)CCN(CC(N)=O)CCN(CC(N)=O)CC3)OP(=O)(O)O[C@H]3C[C@H](n4cc(C)c(=O)[nH]c4=O)O[C@@H]3COP(=O)(O)O[C@H]3[C@@H](O)[C@H](n4ccc(=O)[nH]c4=O)O[C@@H]3CO)O2)c(=O)[nH]c1=O. The van der Waals surface area contributed by atoms with E-state index in [0.29, 0.717) is 65.3 Å². The van der Waals surface area contributed by atoms with Crippen molar-refractivity contribution in [2.75, 3.05) is 131 Å². The van der Waals surface area contributed by atoms with Crippen molar-refractivity contribution in [2.45, 2.75) is 149 Å². The minimum atomic E-state index is -5.49. The second-order valence-corrected chi connectivity index (χ2v) is 27.1. The number of nitrogens with two attached hydrogens (primary N) is 3. The zero-order valence-electron chi connectivity index (χ0n) is 58.0. The smallest absolute Gasteiger partial charge is 0.394 e. The molecule has 0 saturated carbocycles. The molecule has 0 bridgehead atoms. The van der Waals surface area contributed by atoms with Gasteiger partial charge in [0.25, 0.3) is 16.7 Å². The summed E-state index contributed by atoms with van der Waals surface area (Å²) in [6.45, 7) is 24.3. The van der Waals surface area contributed by atoms with Crippen molar-refractivity contribution in [3.8, 4) is 0 Å². The number of amides is 3. The molecule has 3 aromatic heterocycles. The summed E-state index contributed by atoms with van der Waals surface area (Å²) in [5.74, 6) is -1.69. The Morgan fingerprint density at radius 1 is 0.630 bits per heavy atom. The number of phosphoric ester groups is 2. The molecule has 0 aromatic carbocycles. The number of phosphoric acid groups is 2. The van der Waals surface area contributed by atoms with Gasteiger partial charge in [-0.25, -0.2) is 23.5 Å². The van der Waals surface area contributed by atoms with Gasteiger partial charge in [-0.05, 0) is 66.0 Å². The van der Waals surface area contributed by atoms with Gasteiger partial charge in [0.15, 0.2) is 6.23 Å². The van der Waals surface area contributed by atoms with Gasteiger partial charge in [-0.2, -0.15) is 0 Å². The highest BCUT2D eigenvalue weighted by atomic mass is 31.2. The standard InChI is InChI=1S/C48H73N13O23P2.2C6H15N/c1-27-20-60(47(72)53-43(27)69)38-18-29(63)41(81-38)30(6-4-3-5-8-55-10-12-56(22-34(49)64)14-16-58(24-36(51)66)17-15-57(13-11-55)23-35(50)65)82-86(76,77)83-31-19-39(61-21-28(2)44(70)54-48(61)73)79-33(31)26-78-85(74,75)84-42-32(25-62)80-45(40(42)68)59-9-7-37(67)52-46(59)71;2*1-4-7(5-2)6-3/h3-4,7,9,20-21,29-33,38-42,45,62-63,68H,5-6,8,10-19,22-26H2,1-2H3,(H2,49,64)(H2,50,65)(H2,51,66)(H,74,75)(H,76,77)(H,52,67,71)(H,53,69,72)(H,54,70,73);2*4-6H2,1-3H3/b4-3+;;/t29-,30-,31-,32+,33+,38+,39+,40+,41-,42+,45+;;/m0../s1. The Morgan fingerprint density at radius 2 is 1.09 bits per heavy atom. The maximum Gasteiger partial charge on any atom is 0.472 e. The normalized spacial score (nSPS) is 25.3. The van der Waals surface area contributed by atoms with Gasteiger partial charge in [0.2, 0.25) is 17.7 Å². The quantitative estimate of drug-likeness (QED) is 0.0220. The predicted molar refractivity (Wildman–Crippen MR) is 362 cm³/mol. The third-order valence-electron chi connectivity index (χ3n) is 17.3. The van der Waals surface area contributed by atoms with Crippen LogP contribution in [0.4, 0.5) is 0 Å². The Balaban J connectivity index is 0.00000116. The van der Waals surface area contributed by atoms with Crippen molar-refractivity contribution in [3.63, 3.8) is 0 Å². The number of hydrogen-bond acceptors (Lipinski definition) is 27. The Hall–Kier alpha value is -6.07. The third-order valence-corrected chi connectivity index (χ3v) is 19.4. The number of aliphatic hydroxyl groups excluding tert-OH is 3. The van der Waals surface area contributed by atoms with Gasteiger partial charge >= 0.3 is 32.7 Å². The van der Waals surface area contributed by atoms with Gasteiger partial charge in [-0.3, -0.25) is 90.2 Å². The lowest BCUT2D eigenvalue weighted by atomic mass is 10.0. The van der Waals surface area contributed by atoms with Crippen molar-refractivity contribution in [3.05, 3.63) is 110 Å². The molecule has 100 heavy (non-hydrogen) atoms. The van der Waals surface area contributed by atoms with Crippen LogP contribution in [0.15, 0.2) is 65.6 Å². The summed E-state index contributed by atoms with van der Waals surface area (Å²) in [5, 5.41) is 32.7. The first kappa shape index (κ1) is 84.6. The lowest BCUT2D eigenvalue weighted by Gasteiger charge is -2.33. The molecule has 7 rings (SSSR count). The molecule has 40 heteroatoms. The van der Waals surface area contributed by atoms with E-state index >= 15 is 0 Å². The molecular weight excluding hydrogens is 1360 g/mol. The van der Waals surface area contributed by atoms with Crippen LogP contribution in [0, 0.1) is 13.8 Å². The molecule has 7 heterocycles. The molecule has 13 atom stereocenters. The molecular formula is C60H103N15O23P2. The minimum Gasteiger partial charge on any atom is -0.394 e. The van der Waals surface area contributed by atoms with Crippen LogP contribution >= 0.6 is 15.6 Å². The van der Waals surface area contributed by atoms with E-state index in [2.05, 4.69) is 66.2 Å². The summed E-state index contributed by atoms with van der Waals surface area (Å²) in [6, 6.07) is 0.928. The number of primary amides is 3. The van der Waals surface area contributed by atoms with Crippen molar-refractivity contribution in [2.24, 2.45) is 17.2 Å². The van der Waals surface area contributed by atoms with E-state index in [-0.39, 0.29) is 43.6 Å². The largest absolute Gasteiger partial charge is 0.472 e. The third kappa shape index (κ3) is 26.3. The number of aromatic nitrogens is 6. The second-order valence-electron chi connectivity index (χ2n) is 24.3. The van der Waals surface area contributed by atoms with Gasteiger partial charge in [0.05, 0.1) is 39.0 Å². The van der Waals surface area contributed by atoms with Crippen molar-refractivity contribution in [1.82, 2.24) is 58.1 Å². The molecule has 0 spiro atoms. The molecule has 566 valence electrons. The van der Waals surface area contributed by atoms with E-state index in [1.807, 2.05) is 19.7 Å². The van der Waals surface area contributed by atoms with Crippen molar-refractivity contribution >= 4 is 33.4 Å². The van der Waals surface area contributed by atoms with Crippen LogP contribution in [0.1, 0.15) is 97.0 Å². The highest BCUT2D eigenvalue weighted by molar-refractivity contribution is 7.47. The summed E-state index contributed by atoms with van der Waals surface area (Å²) in [4.78, 5) is 152. The van der Waals surface area contributed by atoms with E-state index < -0.39 is 154 Å². The number of carbonyl (C=O) groups is 3. The topological polar surface area (TPSA) is 513 Å². The van der Waals surface area contributed by atoms with Gasteiger partial charge in [-0.15, -0.1) is 0 Å². The summed E-state index contributed by atoms with van der Waals surface area (Å²) >= 11 is 0. The number of ether oxygens (including phenoxy) is 3. The van der Waals surface area contributed by atoms with Crippen LogP contribution in [0.5, 0.6) is 0 Å². The predicted octanol–water partition coefficient (Wildman–Crippen LogP) is -3.48. The average Bonchev–Trinajstić information content (AvgIpc) is 1.64. The first-order chi connectivity index (χ1) is 47.3. The molecule has 4 fully saturated rings. The molecule has 4 aliphatic rings. The number of aryl methyl sites for hydroxylation is 2. The second kappa shape index (κ2) is 40.7. The molecule has 4 aliphatic heterocycles. The van der Waals surface area contributed by atoms with Gasteiger partial charge < -0.3 is 71.2 Å². The fraction of sp³-hybridized carbons (Fsp3) is 0.717. The van der Waals surface area contributed by atoms with Crippen LogP contribution in [0.2, 0.25) is 0 Å². The highest BCUT2D eigenvalue weighted by Crippen LogP contribution is 2.53. The Bertz CT molecular complexity index is 3550. The first-order valence-electron chi connectivity index (χ1n) is 33.4. The summed E-state index contributed by atoms with van der Waals surface area (Å²) in [7, 11) is -10.9. The molecule has 2 unspecified atom stereocenters. The highest BCUT2D eigenvalue weighted by Gasteiger charge is 2.51. The van der Waals surface area contributed by atoms with Crippen LogP contribution in [-0.4, -0.2) is 281 Å². The lowest BCUT2D eigenvalue weighted by molar-refractivity contribution is -0.121. The number of carbonyl (C=O) groups excluding carboxylic acids is 3. The number of nitrogens with one attached hydrogen (secondary N) is 3. The van der Waals surface area contributed by atoms with Gasteiger partial charge in [0.1, 0.15) is 55.2 Å². The van der Waals surface area contributed by atoms with Crippen LogP contribution in [-0.2, 0) is 55.8 Å². The van der Waals surface area contributed by atoms with Gasteiger partial charge in [0, 0.05) is 108 Å². The molecule has 3 amide bonds. The lowest BCUT2D eigenvalue weighted by Crippen LogP contribution is -2.49. The van der Waals surface area contributed by atoms with E-state index in [1.54, 1.807) is 12.2 Å². The number of aliphatic hydroxyl groups is 3. The molecule has 0 radical (unpaired) electrons. The summed E-state index contributed by atoms with van der Waals surface area (Å²) in [5.41, 5.74) is 11.7. The van der Waals surface area contributed by atoms with E-state index in [4.69, 9.17) is 49.5 Å². The van der Waals surface area contributed by atoms with Crippen LogP contribution in [0.25, 0.3) is 0 Å². The Morgan fingerprint density at radius 3 is 1.53 bits per heavy atom. The Labute approximate surface area is 577 Å². The number of aromatic amines is 3. The van der Waals surface area contributed by atoms with E-state index in [1.165, 1.54) is 59.3 Å². The number of H-pyrrole nitrogens is 3. The van der Waals surface area contributed by atoms with E-state index in [0.717, 1.165) is 32.2 Å².